The number of hydrogen-bond acceptors (Lipinski definition) is 3. The molecule has 112 valence electrons. The van der Waals surface area contributed by atoms with E-state index >= 15 is 0 Å². The lowest BCUT2D eigenvalue weighted by Gasteiger charge is -2.13. The topological polar surface area (TPSA) is 66.4 Å². The Morgan fingerprint density at radius 3 is 2.90 bits per heavy atom. The van der Waals surface area contributed by atoms with E-state index in [-0.39, 0.29) is 11.2 Å². The number of benzene rings is 1. The van der Waals surface area contributed by atoms with Crippen LogP contribution in [0.4, 0.5) is 5.69 Å². The van der Waals surface area contributed by atoms with Gasteiger partial charge in [0.25, 0.3) is 0 Å². The Kier molecular flexibility index (Phi) is 5.44. The molecule has 1 aliphatic heterocycles. The van der Waals surface area contributed by atoms with Gasteiger partial charge in [0, 0.05) is 11.8 Å². The normalized spacial score (nSPS) is 18.0. The highest BCUT2D eigenvalue weighted by atomic mass is 32.2. The monoisotopic (exact) mass is 305 g/mol. The molecule has 0 radical (unpaired) electrons. The third kappa shape index (κ3) is 4.36. The third-order valence-electron chi connectivity index (χ3n) is 3.41. The minimum atomic E-state index is -0.969. The van der Waals surface area contributed by atoms with Gasteiger partial charge in [0.1, 0.15) is 0 Å². The number of anilines is 1. The Morgan fingerprint density at radius 1 is 1.48 bits per heavy atom. The van der Waals surface area contributed by atoms with Crippen molar-refractivity contribution < 1.29 is 14.7 Å². The number of thioether (sulfide) groups is 1. The summed E-state index contributed by atoms with van der Waals surface area (Å²) in [6.07, 6.45) is 5.49. The fraction of sp³-hybridized carbons (Fsp3) is 0.375. The standard InChI is InChI=1S/C16H19NO3S/c1-2-12-10-11(6-8-15(18)19)5-7-13(12)17-16(20)14-4-3-9-21-14/h5-8,10,14H,2-4,9H2,1H3,(H,17,20)(H,18,19)/b8-6+. The molecule has 1 unspecified atom stereocenters. The number of aliphatic carboxylic acids is 1. The molecule has 0 spiro atoms. The number of carbonyl (C=O) groups excluding carboxylic acids is 1. The molecule has 5 heteroatoms. The van der Waals surface area contributed by atoms with Crippen molar-refractivity contribution in [3.05, 3.63) is 35.4 Å². The lowest BCUT2D eigenvalue weighted by molar-refractivity contribution is -0.131. The highest BCUT2D eigenvalue weighted by Gasteiger charge is 2.23. The fourth-order valence-corrected chi connectivity index (χ4v) is 3.46. The predicted octanol–water partition coefficient (Wildman–Crippen LogP) is 3.18. The molecule has 21 heavy (non-hydrogen) atoms. The molecule has 0 aliphatic carbocycles. The number of nitrogens with one attached hydrogen (secondary N) is 1. The van der Waals surface area contributed by atoms with E-state index < -0.39 is 5.97 Å². The number of amides is 1. The van der Waals surface area contributed by atoms with Crippen LogP contribution in [0.2, 0.25) is 0 Å². The van der Waals surface area contributed by atoms with Gasteiger partial charge in [0.05, 0.1) is 5.25 Å². The molecule has 2 N–H and O–H groups in total. The summed E-state index contributed by atoms with van der Waals surface area (Å²) in [5.74, 6) is 0.155. The molecule has 1 saturated heterocycles. The van der Waals surface area contributed by atoms with E-state index in [1.807, 2.05) is 25.1 Å². The van der Waals surface area contributed by atoms with E-state index in [0.29, 0.717) is 0 Å². The van der Waals surface area contributed by atoms with Gasteiger partial charge in [-0.25, -0.2) is 4.79 Å². The van der Waals surface area contributed by atoms with E-state index in [4.69, 9.17) is 5.11 Å². The summed E-state index contributed by atoms with van der Waals surface area (Å²) in [7, 11) is 0. The predicted molar refractivity (Wildman–Crippen MR) is 86.6 cm³/mol. The van der Waals surface area contributed by atoms with Crippen molar-refractivity contribution in [2.24, 2.45) is 0 Å². The molecule has 1 fully saturated rings. The Hall–Kier alpha value is -1.75. The molecule has 1 amide bonds. The Labute approximate surface area is 128 Å². The second-order valence-electron chi connectivity index (χ2n) is 4.93. The molecular formula is C16H19NO3S. The van der Waals surface area contributed by atoms with Crippen LogP contribution in [-0.2, 0) is 16.0 Å². The first-order chi connectivity index (χ1) is 10.1. The van der Waals surface area contributed by atoms with Crippen LogP contribution in [-0.4, -0.2) is 28.0 Å². The molecule has 1 heterocycles. The van der Waals surface area contributed by atoms with Crippen LogP contribution in [0, 0.1) is 0 Å². The van der Waals surface area contributed by atoms with Crippen molar-refractivity contribution in [1.82, 2.24) is 0 Å². The number of aryl methyl sites for hydroxylation is 1. The van der Waals surface area contributed by atoms with Gasteiger partial charge in [-0.2, -0.15) is 0 Å². The number of carboxylic acids is 1. The first-order valence-corrected chi connectivity index (χ1v) is 8.11. The molecule has 4 nitrogen and oxygen atoms in total. The van der Waals surface area contributed by atoms with E-state index in [1.54, 1.807) is 17.8 Å². The summed E-state index contributed by atoms with van der Waals surface area (Å²) in [6, 6.07) is 5.57. The number of rotatable bonds is 5. The molecule has 1 aliphatic rings. The zero-order valence-corrected chi connectivity index (χ0v) is 12.8. The van der Waals surface area contributed by atoms with Gasteiger partial charge in [0.15, 0.2) is 0 Å². The SMILES string of the molecule is CCc1cc(/C=C/C(=O)O)ccc1NC(=O)C1CCCS1. The molecule has 0 bridgehead atoms. The number of carbonyl (C=O) groups is 2. The highest BCUT2D eigenvalue weighted by Crippen LogP contribution is 2.28. The van der Waals surface area contributed by atoms with Gasteiger partial charge >= 0.3 is 5.97 Å². The fourth-order valence-electron chi connectivity index (χ4n) is 2.30. The maximum absolute atomic E-state index is 12.2. The largest absolute Gasteiger partial charge is 0.478 e. The summed E-state index contributed by atoms with van der Waals surface area (Å²) in [5.41, 5.74) is 2.66. The van der Waals surface area contributed by atoms with Crippen LogP contribution in [0.3, 0.4) is 0 Å². The number of carboxylic acid groups (broad SMARTS) is 1. The zero-order valence-electron chi connectivity index (χ0n) is 12.0. The van der Waals surface area contributed by atoms with Crippen molar-refractivity contribution in [3.63, 3.8) is 0 Å². The van der Waals surface area contributed by atoms with Crippen LogP contribution >= 0.6 is 11.8 Å². The van der Waals surface area contributed by atoms with Gasteiger partial charge in [-0.3, -0.25) is 4.79 Å². The van der Waals surface area contributed by atoms with Crippen LogP contribution in [0.5, 0.6) is 0 Å². The summed E-state index contributed by atoms with van der Waals surface area (Å²) in [5, 5.41) is 11.7. The van der Waals surface area contributed by atoms with Crippen molar-refractivity contribution in [2.75, 3.05) is 11.1 Å². The van der Waals surface area contributed by atoms with Crippen molar-refractivity contribution in [2.45, 2.75) is 31.4 Å². The van der Waals surface area contributed by atoms with Crippen molar-refractivity contribution in [1.29, 1.82) is 0 Å². The third-order valence-corrected chi connectivity index (χ3v) is 4.79. The Balaban J connectivity index is 2.12. The maximum atomic E-state index is 12.2. The average Bonchev–Trinajstić information content (AvgIpc) is 3.00. The lowest BCUT2D eigenvalue weighted by Crippen LogP contribution is -2.23. The molecule has 0 aromatic heterocycles. The molecule has 0 saturated carbocycles. The first kappa shape index (κ1) is 15.6. The molecule has 1 aromatic carbocycles. The summed E-state index contributed by atoms with van der Waals surface area (Å²) >= 11 is 1.71. The molecule has 1 atom stereocenters. The van der Waals surface area contributed by atoms with Gasteiger partial charge in [-0.1, -0.05) is 13.0 Å². The van der Waals surface area contributed by atoms with Crippen LogP contribution < -0.4 is 5.32 Å². The second kappa shape index (κ2) is 7.31. The van der Waals surface area contributed by atoms with Crippen molar-refractivity contribution in [3.8, 4) is 0 Å². The van der Waals surface area contributed by atoms with Crippen LogP contribution in [0.15, 0.2) is 24.3 Å². The van der Waals surface area contributed by atoms with Crippen LogP contribution in [0.1, 0.15) is 30.9 Å². The Morgan fingerprint density at radius 2 is 2.29 bits per heavy atom. The van der Waals surface area contributed by atoms with E-state index in [9.17, 15) is 9.59 Å². The van der Waals surface area contributed by atoms with E-state index in [1.165, 1.54) is 0 Å². The summed E-state index contributed by atoms with van der Waals surface area (Å²) in [4.78, 5) is 22.7. The maximum Gasteiger partial charge on any atom is 0.328 e. The van der Waals surface area contributed by atoms with E-state index in [2.05, 4.69) is 5.32 Å². The smallest absolute Gasteiger partial charge is 0.328 e. The minimum absolute atomic E-state index is 0.0567. The van der Waals surface area contributed by atoms with Crippen molar-refractivity contribution >= 4 is 35.4 Å². The zero-order chi connectivity index (χ0) is 15.2. The lowest BCUT2D eigenvalue weighted by atomic mass is 10.1. The molecular weight excluding hydrogens is 286 g/mol. The quantitative estimate of drug-likeness (QED) is 0.820. The summed E-state index contributed by atoms with van der Waals surface area (Å²) in [6.45, 7) is 2.01. The first-order valence-electron chi connectivity index (χ1n) is 7.06. The number of hydrogen-bond donors (Lipinski definition) is 2. The summed E-state index contributed by atoms with van der Waals surface area (Å²) < 4.78 is 0. The van der Waals surface area contributed by atoms with Gasteiger partial charge in [0.2, 0.25) is 5.91 Å². The molecule has 1 aromatic rings. The van der Waals surface area contributed by atoms with E-state index in [0.717, 1.165) is 47.9 Å². The van der Waals surface area contributed by atoms with Gasteiger partial charge in [-0.15, -0.1) is 11.8 Å². The second-order valence-corrected chi connectivity index (χ2v) is 6.24. The average molecular weight is 305 g/mol. The molecule has 2 rings (SSSR count). The minimum Gasteiger partial charge on any atom is -0.478 e. The van der Waals surface area contributed by atoms with Gasteiger partial charge in [-0.05, 0) is 54.4 Å². The van der Waals surface area contributed by atoms with Gasteiger partial charge < -0.3 is 10.4 Å². The van der Waals surface area contributed by atoms with Crippen LogP contribution in [0.25, 0.3) is 6.08 Å². The Bertz CT molecular complexity index is 563. The highest BCUT2D eigenvalue weighted by molar-refractivity contribution is 8.00.